The van der Waals surface area contributed by atoms with Crippen molar-refractivity contribution in [3.8, 4) is 0 Å². The van der Waals surface area contributed by atoms with Gasteiger partial charge in [0.05, 0.1) is 0 Å². The highest BCUT2D eigenvalue weighted by atomic mass is 14.6. The first kappa shape index (κ1) is 11.0. The minimum absolute atomic E-state index is 0.234. The predicted octanol–water partition coefficient (Wildman–Crippen LogP) is 1.86. The lowest BCUT2D eigenvalue weighted by Gasteiger charge is -2.13. The second-order valence-electron chi connectivity index (χ2n) is 4.77. The number of nitrogens with two attached hydrogens (primary N) is 1. The highest BCUT2D eigenvalue weighted by Gasteiger charge is 2.08. The van der Waals surface area contributed by atoms with E-state index in [1.165, 1.54) is 16.0 Å². The van der Waals surface area contributed by atoms with Crippen molar-refractivity contribution in [2.24, 2.45) is 11.7 Å². The zero-order valence-corrected chi connectivity index (χ0v) is 10.0. The second kappa shape index (κ2) is 4.17. The molecule has 0 heterocycles. The molecule has 16 heavy (non-hydrogen) atoms. The molecule has 2 unspecified atom stereocenters. The van der Waals surface area contributed by atoms with Crippen LogP contribution in [0, 0.1) is 5.92 Å². The molecule has 0 amide bonds. The summed E-state index contributed by atoms with van der Waals surface area (Å²) in [6.45, 7) is 8.16. The summed E-state index contributed by atoms with van der Waals surface area (Å²) in [5, 5.41) is 2.68. The third-order valence-electron chi connectivity index (χ3n) is 3.34. The molecule has 1 aliphatic carbocycles. The molecule has 0 aliphatic heterocycles. The maximum absolute atomic E-state index is 5.75. The number of rotatable bonds is 2. The molecule has 0 bridgehead atoms. The van der Waals surface area contributed by atoms with Crippen molar-refractivity contribution in [3.05, 3.63) is 46.5 Å². The van der Waals surface area contributed by atoms with Crippen molar-refractivity contribution in [1.29, 1.82) is 0 Å². The molecule has 84 valence electrons. The van der Waals surface area contributed by atoms with Crippen LogP contribution in [0.25, 0.3) is 12.2 Å². The number of allylic oxidation sites excluding steroid dienone is 1. The van der Waals surface area contributed by atoms with Crippen molar-refractivity contribution in [3.63, 3.8) is 0 Å². The molecule has 1 aromatic carbocycles. The van der Waals surface area contributed by atoms with Crippen LogP contribution in [0.15, 0.2) is 30.5 Å². The Balaban J connectivity index is 2.49. The van der Waals surface area contributed by atoms with Crippen molar-refractivity contribution in [2.75, 3.05) is 0 Å². The molecule has 0 spiro atoms. The molecule has 2 atom stereocenters. The van der Waals surface area contributed by atoms with E-state index in [9.17, 15) is 0 Å². The molecular weight excluding hydrogens is 194 g/mol. The van der Waals surface area contributed by atoms with Crippen LogP contribution in [0.4, 0.5) is 0 Å². The van der Waals surface area contributed by atoms with Crippen molar-refractivity contribution >= 4 is 12.2 Å². The van der Waals surface area contributed by atoms with Crippen LogP contribution < -0.4 is 16.2 Å². The number of fused-ring (bicyclic) bond motifs is 1. The molecular formula is C15H19N. The fraction of sp³-hybridized carbons (Fsp3) is 0.333. The van der Waals surface area contributed by atoms with Gasteiger partial charge in [0.2, 0.25) is 0 Å². The first-order valence-electron chi connectivity index (χ1n) is 5.84. The zero-order valence-electron chi connectivity index (χ0n) is 10.0. The quantitative estimate of drug-likeness (QED) is 0.797. The van der Waals surface area contributed by atoms with Gasteiger partial charge in [-0.25, -0.2) is 0 Å². The van der Waals surface area contributed by atoms with Crippen LogP contribution in [0.5, 0.6) is 0 Å². The third-order valence-corrected chi connectivity index (χ3v) is 3.34. The van der Waals surface area contributed by atoms with Gasteiger partial charge in [0.1, 0.15) is 0 Å². The van der Waals surface area contributed by atoms with Gasteiger partial charge >= 0.3 is 0 Å². The van der Waals surface area contributed by atoms with Gasteiger partial charge in [-0.15, -0.1) is 0 Å². The Labute approximate surface area is 97.0 Å². The summed E-state index contributed by atoms with van der Waals surface area (Å²) in [5.74, 6) is 0.887. The third kappa shape index (κ3) is 2.04. The lowest BCUT2D eigenvalue weighted by atomic mass is 9.93. The monoisotopic (exact) mass is 213 g/mol. The normalized spacial score (nSPS) is 20.2. The van der Waals surface area contributed by atoms with Crippen LogP contribution in [0.3, 0.4) is 0 Å². The molecule has 0 aromatic heterocycles. The summed E-state index contributed by atoms with van der Waals surface area (Å²) in [6, 6.07) is 6.58. The minimum atomic E-state index is 0.234. The number of hydrogen-bond acceptors (Lipinski definition) is 1. The van der Waals surface area contributed by atoms with Gasteiger partial charge < -0.3 is 5.73 Å². The summed E-state index contributed by atoms with van der Waals surface area (Å²) in [6.07, 6.45) is 5.78. The van der Waals surface area contributed by atoms with Crippen LogP contribution in [0.1, 0.15) is 31.7 Å². The van der Waals surface area contributed by atoms with Crippen LogP contribution in [-0.4, -0.2) is 0 Å². The van der Waals surface area contributed by atoms with Crippen molar-refractivity contribution < 1.29 is 0 Å². The highest BCUT2D eigenvalue weighted by Crippen LogP contribution is 2.17. The van der Waals surface area contributed by atoms with Gasteiger partial charge in [-0.3, -0.25) is 0 Å². The van der Waals surface area contributed by atoms with Crippen molar-refractivity contribution in [2.45, 2.75) is 26.2 Å². The van der Waals surface area contributed by atoms with E-state index >= 15 is 0 Å². The van der Waals surface area contributed by atoms with Crippen LogP contribution in [-0.2, 0) is 0 Å². The molecule has 1 heteroatoms. The summed E-state index contributed by atoms with van der Waals surface area (Å²) < 4.78 is 0. The van der Waals surface area contributed by atoms with E-state index < -0.39 is 0 Å². The molecule has 1 aliphatic rings. The summed E-state index contributed by atoms with van der Waals surface area (Å²) in [4.78, 5) is 0. The average molecular weight is 213 g/mol. The Kier molecular flexibility index (Phi) is 2.86. The van der Waals surface area contributed by atoms with E-state index in [-0.39, 0.29) is 5.92 Å². The topological polar surface area (TPSA) is 26.0 Å². The lowest BCUT2D eigenvalue weighted by molar-refractivity contribution is 0.798. The van der Waals surface area contributed by atoms with E-state index in [4.69, 9.17) is 5.73 Å². The Bertz CT molecular complexity index is 525. The standard InChI is InChI=1S/C15H19N/c1-10-4-5-15-9-13(11(2)12(3)16)6-7-14(15)8-10/h5-11H,3-4,16H2,1-2H3. The van der Waals surface area contributed by atoms with Gasteiger partial charge in [-0.2, -0.15) is 0 Å². The maximum Gasteiger partial charge on any atom is 0.0201 e. The number of benzene rings is 1. The average Bonchev–Trinajstić information content (AvgIpc) is 2.27. The largest absolute Gasteiger partial charge is 0.402 e. The Morgan fingerprint density at radius 1 is 1.44 bits per heavy atom. The second-order valence-corrected chi connectivity index (χ2v) is 4.77. The van der Waals surface area contributed by atoms with Crippen molar-refractivity contribution in [1.82, 2.24) is 0 Å². The van der Waals surface area contributed by atoms with E-state index in [1.54, 1.807) is 0 Å². The van der Waals surface area contributed by atoms with Crippen LogP contribution in [0.2, 0.25) is 0 Å². The fourth-order valence-corrected chi connectivity index (χ4v) is 2.09. The lowest BCUT2D eigenvalue weighted by Crippen LogP contribution is -2.29. The molecule has 1 aromatic rings. The molecule has 0 saturated carbocycles. The number of hydrogen-bond donors (Lipinski definition) is 1. The SMILES string of the molecule is C=C(N)C(C)c1ccc2c(c1)=CCC(C)C=2. The molecule has 0 radical (unpaired) electrons. The molecule has 0 fully saturated rings. The van der Waals surface area contributed by atoms with E-state index in [0.29, 0.717) is 5.92 Å². The molecule has 0 saturated heterocycles. The van der Waals surface area contributed by atoms with Gasteiger partial charge in [0.15, 0.2) is 0 Å². The zero-order chi connectivity index (χ0) is 11.7. The first-order chi connectivity index (χ1) is 7.58. The minimum Gasteiger partial charge on any atom is -0.402 e. The first-order valence-corrected chi connectivity index (χ1v) is 5.84. The van der Waals surface area contributed by atoms with Gasteiger partial charge in [-0.1, -0.05) is 50.8 Å². The van der Waals surface area contributed by atoms with E-state index in [0.717, 1.165) is 12.1 Å². The maximum atomic E-state index is 5.75. The van der Waals surface area contributed by atoms with E-state index in [2.05, 4.69) is 50.8 Å². The van der Waals surface area contributed by atoms with Crippen LogP contribution >= 0.6 is 0 Å². The predicted molar refractivity (Wildman–Crippen MR) is 70.1 cm³/mol. The molecule has 2 N–H and O–H groups in total. The smallest absolute Gasteiger partial charge is 0.0201 e. The summed E-state index contributed by atoms with van der Waals surface area (Å²) in [7, 11) is 0. The van der Waals surface area contributed by atoms with Gasteiger partial charge in [0.25, 0.3) is 0 Å². The summed E-state index contributed by atoms with van der Waals surface area (Å²) in [5.41, 5.74) is 7.74. The Morgan fingerprint density at radius 3 is 2.88 bits per heavy atom. The van der Waals surface area contributed by atoms with Gasteiger partial charge in [-0.05, 0) is 28.3 Å². The van der Waals surface area contributed by atoms with Gasteiger partial charge in [0, 0.05) is 11.6 Å². The Hall–Kier alpha value is -1.50. The highest BCUT2D eigenvalue weighted by molar-refractivity contribution is 5.42. The summed E-state index contributed by atoms with van der Waals surface area (Å²) >= 11 is 0. The Morgan fingerprint density at radius 2 is 2.19 bits per heavy atom. The molecule has 1 nitrogen and oxygen atoms in total. The fourth-order valence-electron chi connectivity index (χ4n) is 2.09. The molecule has 2 rings (SSSR count). The van der Waals surface area contributed by atoms with E-state index in [1.807, 2.05) is 0 Å².